The number of imide groups is 1. The second-order valence-corrected chi connectivity index (χ2v) is 5.56. The summed E-state index contributed by atoms with van der Waals surface area (Å²) in [5.41, 5.74) is 0.693. The van der Waals surface area contributed by atoms with Gasteiger partial charge in [-0.1, -0.05) is 12.1 Å². The minimum atomic E-state index is -0.745. The van der Waals surface area contributed by atoms with Gasteiger partial charge in [0.15, 0.2) is 18.2 Å². The Balaban J connectivity index is 1.77. The van der Waals surface area contributed by atoms with E-state index in [-0.39, 0.29) is 28.2 Å². The SMILES string of the molecule is COc1cc(C(=O)OCN2C(=O)c3ccccc3C2=O)cc(OC)c1OC. The predicted molar refractivity (Wildman–Crippen MR) is 93.3 cm³/mol. The van der Waals surface area contributed by atoms with Crippen molar-refractivity contribution < 1.29 is 33.3 Å². The Morgan fingerprint density at radius 3 is 1.85 bits per heavy atom. The van der Waals surface area contributed by atoms with Gasteiger partial charge in [0.1, 0.15) is 0 Å². The van der Waals surface area contributed by atoms with E-state index in [0.717, 1.165) is 4.90 Å². The third-order valence-corrected chi connectivity index (χ3v) is 4.10. The van der Waals surface area contributed by atoms with Crippen molar-refractivity contribution in [2.24, 2.45) is 0 Å². The molecule has 0 N–H and O–H groups in total. The van der Waals surface area contributed by atoms with Crippen molar-refractivity contribution in [1.82, 2.24) is 4.90 Å². The molecule has 1 aliphatic heterocycles. The molecular weight excluding hydrogens is 354 g/mol. The Bertz CT molecular complexity index is 862. The van der Waals surface area contributed by atoms with Gasteiger partial charge in [0.2, 0.25) is 5.75 Å². The number of nitrogens with zero attached hydrogens (tertiary/aromatic N) is 1. The van der Waals surface area contributed by atoms with Gasteiger partial charge < -0.3 is 18.9 Å². The maximum atomic E-state index is 12.4. The highest BCUT2D eigenvalue weighted by Crippen LogP contribution is 2.38. The van der Waals surface area contributed by atoms with E-state index in [1.807, 2.05) is 0 Å². The smallest absolute Gasteiger partial charge is 0.340 e. The normalized spacial score (nSPS) is 12.6. The molecule has 0 atom stereocenters. The molecule has 2 amide bonds. The molecule has 0 bridgehead atoms. The topological polar surface area (TPSA) is 91.4 Å². The Labute approximate surface area is 155 Å². The molecule has 1 heterocycles. The molecule has 0 aromatic heterocycles. The summed E-state index contributed by atoms with van der Waals surface area (Å²) < 4.78 is 20.7. The number of carbonyl (C=O) groups excluding carboxylic acids is 3. The van der Waals surface area contributed by atoms with Crippen LogP contribution in [0.4, 0.5) is 0 Å². The summed E-state index contributed by atoms with van der Waals surface area (Å²) in [6, 6.07) is 9.27. The summed E-state index contributed by atoms with van der Waals surface area (Å²) in [6.07, 6.45) is 0. The molecule has 2 aromatic rings. The fourth-order valence-electron chi connectivity index (χ4n) is 2.76. The van der Waals surface area contributed by atoms with Gasteiger partial charge in [-0.2, -0.15) is 0 Å². The minimum absolute atomic E-state index is 0.126. The zero-order valence-corrected chi connectivity index (χ0v) is 15.0. The van der Waals surface area contributed by atoms with Crippen LogP contribution in [0, 0.1) is 0 Å². The summed E-state index contributed by atoms with van der Waals surface area (Å²) in [5, 5.41) is 0. The number of fused-ring (bicyclic) bond motifs is 1. The van der Waals surface area contributed by atoms with Gasteiger partial charge in [0, 0.05) is 0 Å². The standard InChI is InChI=1S/C19H17NO7/c1-24-14-8-11(9-15(25-2)16(14)26-3)19(23)27-10-20-17(21)12-6-4-5-7-13(12)18(20)22/h4-9H,10H2,1-3H3. The van der Waals surface area contributed by atoms with E-state index in [0.29, 0.717) is 5.75 Å². The fraction of sp³-hybridized carbons (Fsp3) is 0.211. The minimum Gasteiger partial charge on any atom is -0.493 e. The predicted octanol–water partition coefficient (Wildman–Crippen LogP) is 2.12. The molecule has 0 fully saturated rings. The van der Waals surface area contributed by atoms with Gasteiger partial charge in [0.25, 0.3) is 11.8 Å². The number of hydrogen-bond donors (Lipinski definition) is 0. The Hall–Kier alpha value is -3.55. The molecular formula is C19H17NO7. The molecule has 2 aromatic carbocycles. The van der Waals surface area contributed by atoms with E-state index in [4.69, 9.17) is 18.9 Å². The van der Waals surface area contributed by atoms with Crippen LogP contribution in [0.25, 0.3) is 0 Å². The lowest BCUT2D eigenvalue weighted by Gasteiger charge is -2.16. The molecule has 1 aliphatic rings. The number of methoxy groups -OCH3 is 3. The van der Waals surface area contributed by atoms with Gasteiger partial charge in [0.05, 0.1) is 38.0 Å². The van der Waals surface area contributed by atoms with Gasteiger partial charge in [-0.15, -0.1) is 0 Å². The highest BCUT2D eigenvalue weighted by Gasteiger charge is 2.35. The highest BCUT2D eigenvalue weighted by atomic mass is 16.5. The van der Waals surface area contributed by atoms with Crippen molar-refractivity contribution in [3.63, 3.8) is 0 Å². The van der Waals surface area contributed by atoms with Crippen LogP contribution >= 0.6 is 0 Å². The molecule has 27 heavy (non-hydrogen) atoms. The Kier molecular flexibility index (Phi) is 4.98. The van der Waals surface area contributed by atoms with Crippen LogP contribution in [-0.4, -0.2) is 50.7 Å². The third kappa shape index (κ3) is 3.17. The number of rotatable bonds is 6. The van der Waals surface area contributed by atoms with Gasteiger partial charge in [-0.25, -0.2) is 9.69 Å². The van der Waals surface area contributed by atoms with Crippen molar-refractivity contribution >= 4 is 17.8 Å². The number of benzene rings is 2. The number of ether oxygens (including phenoxy) is 4. The first-order chi connectivity index (χ1) is 13.0. The molecule has 8 nitrogen and oxygen atoms in total. The van der Waals surface area contributed by atoms with Crippen LogP contribution in [0.15, 0.2) is 36.4 Å². The molecule has 0 radical (unpaired) electrons. The lowest BCUT2D eigenvalue weighted by atomic mass is 10.1. The maximum Gasteiger partial charge on any atom is 0.340 e. The van der Waals surface area contributed by atoms with E-state index >= 15 is 0 Å². The Morgan fingerprint density at radius 1 is 0.889 bits per heavy atom. The van der Waals surface area contributed by atoms with Crippen molar-refractivity contribution in [3.8, 4) is 17.2 Å². The Morgan fingerprint density at radius 2 is 1.41 bits per heavy atom. The monoisotopic (exact) mass is 371 g/mol. The summed E-state index contributed by atoms with van der Waals surface area (Å²) in [6.45, 7) is -0.498. The first-order valence-corrected chi connectivity index (χ1v) is 7.94. The molecule has 3 rings (SSSR count). The molecule has 140 valence electrons. The fourth-order valence-corrected chi connectivity index (χ4v) is 2.76. The zero-order valence-electron chi connectivity index (χ0n) is 15.0. The quantitative estimate of drug-likeness (QED) is 0.567. The second-order valence-electron chi connectivity index (χ2n) is 5.56. The van der Waals surface area contributed by atoms with Crippen molar-refractivity contribution in [2.45, 2.75) is 0 Å². The van der Waals surface area contributed by atoms with Crippen LogP contribution in [0.2, 0.25) is 0 Å². The molecule has 0 aliphatic carbocycles. The molecule has 0 saturated heterocycles. The lowest BCUT2D eigenvalue weighted by molar-refractivity contribution is 0.0227. The van der Waals surface area contributed by atoms with Gasteiger partial charge in [-0.3, -0.25) is 9.59 Å². The van der Waals surface area contributed by atoms with Crippen molar-refractivity contribution in [2.75, 3.05) is 28.1 Å². The average molecular weight is 371 g/mol. The van der Waals surface area contributed by atoms with Crippen LogP contribution in [0.3, 0.4) is 0 Å². The molecule has 8 heteroatoms. The number of hydrogen-bond acceptors (Lipinski definition) is 7. The van der Waals surface area contributed by atoms with E-state index in [9.17, 15) is 14.4 Å². The average Bonchev–Trinajstić information content (AvgIpc) is 2.95. The van der Waals surface area contributed by atoms with E-state index in [1.165, 1.54) is 33.5 Å². The largest absolute Gasteiger partial charge is 0.493 e. The van der Waals surface area contributed by atoms with Crippen LogP contribution in [0.5, 0.6) is 17.2 Å². The second kappa shape index (κ2) is 7.36. The molecule has 0 saturated carbocycles. The molecule has 0 spiro atoms. The summed E-state index contributed by atoms with van der Waals surface area (Å²) in [5.74, 6) is -0.863. The summed E-state index contributed by atoms with van der Waals surface area (Å²) >= 11 is 0. The van der Waals surface area contributed by atoms with Crippen LogP contribution in [-0.2, 0) is 4.74 Å². The summed E-state index contributed by atoms with van der Waals surface area (Å²) in [7, 11) is 4.29. The summed E-state index contributed by atoms with van der Waals surface area (Å²) in [4.78, 5) is 37.9. The number of carbonyl (C=O) groups is 3. The number of amides is 2. The molecule has 0 unspecified atom stereocenters. The lowest BCUT2D eigenvalue weighted by Crippen LogP contribution is -2.33. The van der Waals surface area contributed by atoms with E-state index in [1.54, 1.807) is 24.3 Å². The third-order valence-electron chi connectivity index (χ3n) is 4.10. The highest BCUT2D eigenvalue weighted by molar-refractivity contribution is 6.21. The maximum absolute atomic E-state index is 12.4. The van der Waals surface area contributed by atoms with Gasteiger partial charge in [-0.05, 0) is 24.3 Å². The van der Waals surface area contributed by atoms with Crippen LogP contribution < -0.4 is 14.2 Å². The van der Waals surface area contributed by atoms with Crippen molar-refractivity contribution in [3.05, 3.63) is 53.1 Å². The first kappa shape index (κ1) is 18.2. The van der Waals surface area contributed by atoms with E-state index in [2.05, 4.69) is 0 Å². The zero-order chi connectivity index (χ0) is 19.6. The van der Waals surface area contributed by atoms with Crippen LogP contribution in [0.1, 0.15) is 31.1 Å². The van der Waals surface area contributed by atoms with Crippen molar-refractivity contribution in [1.29, 1.82) is 0 Å². The first-order valence-electron chi connectivity index (χ1n) is 7.94. The van der Waals surface area contributed by atoms with Gasteiger partial charge >= 0.3 is 5.97 Å². The van der Waals surface area contributed by atoms with E-state index < -0.39 is 24.5 Å². The number of esters is 1.